The second-order valence-electron chi connectivity index (χ2n) is 6.77. The summed E-state index contributed by atoms with van der Waals surface area (Å²) in [6.45, 7) is 1.51. The minimum Gasteiger partial charge on any atom is -0.493 e. The van der Waals surface area contributed by atoms with E-state index < -0.39 is 5.54 Å². The lowest BCUT2D eigenvalue weighted by Crippen LogP contribution is -2.64. The lowest BCUT2D eigenvalue weighted by molar-refractivity contribution is -0.131. The zero-order chi connectivity index (χ0) is 18.1. The van der Waals surface area contributed by atoms with Gasteiger partial charge in [-0.25, -0.2) is 9.97 Å². The molecule has 2 aromatic rings. The van der Waals surface area contributed by atoms with E-state index in [1.165, 1.54) is 6.33 Å². The SMILES string of the molecule is COc1cc2ncnc(Cl)c2cc1O[C@H]1CC[C@@]2(CC1)NCCNC2=O. The van der Waals surface area contributed by atoms with Crippen molar-refractivity contribution in [2.45, 2.75) is 37.3 Å². The number of ether oxygens (including phenoxy) is 2. The van der Waals surface area contributed by atoms with Crippen molar-refractivity contribution in [3.8, 4) is 11.5 Å². The molecule has 26 heavy (non-hydrogen) atoms. The maximum atomic E-state index is 12.3. The molecule has 1 saturated heterocycles. The molecule has 1 aromatic carbocycles. The summed E-state index contributed by atoms with van der Waals surface area (Å²) in [7, 11) is 1.60. The summed E-state index contributed by atoms with van der Waals surface area (Å²) in [5.74, 6) is 1.34. The Kier molecular flexibility index (Phi) is 4.58. The number of fused-ring (bicyclic) bond motifs is 1. The zero-order valence-corrected chi connectivity index (χ0v) is 15.3. The minimum absolute atomic E-state index is 0.0203. The molecule has 8 heteroatoms. The highest BCUT2D eigenvalue weighted by atomic mass is 35.5. The molecule has 2 heterocycles. The largest absolute Gasteiger partial charge is 0.493 e. The van der Waals surface area contributed by atoms with Crippen LogP contribution in [0.2, 0.25) is 5.15 Å². The number of carbonyl (C=O) groups is 1. The predicted molar refractivity (Wildman–Crippen MR) is 97.7 cm³/mol. The summed E-state index contributed by atoms with van der Waals surface area (Å²) in [4.78, 5) is 20.5. The van der Waals surface area contributed by atoms with Crippen molar-refractivity contribution in [1.82, 2.24) is 20.6 Å². The quantitative estimate of drug-likeness (QED) is 0.798. The number of nitrogens with zero attached hydrogens (tertiary/aromatic N) is 2. The molecular weight excluding hydrogens is 356 g/mol. The van der Waals surface area contributed by atoms with E-state index in [0.29, 0.717) is 28.7 Å². The third-order valence-corrected chi connectivity index (χ3v) is 5.56. The minimum atomic E-state index is -0.442. The van der Waals surface area contributed by atoms with Crippen LogP contribution in [0, 0.1) is 0 Å². The molecule has 4 rings (SSSR count). The Morgan fingerprint density at radius 3 is 2.73 bits per heavy atom. The molecule has 1 aromatic heterocycles. The van der Waals surface area contributed by atoms with Gasteiger partial charge in [-0.2, -0.15) is 0 Å². The maximum Gasteiger partial charge on any atom is 0.240 e. The van der Waals surface area contributed by atoms with Gasteiger partial charge >= 0.3 is 0 Å². The number of hydrogen-bond acceptors (Lipinski definition) is 6. The Morgan fingerprint density at radius 1 is 1.19 bits per heavy atom. The fourth-order valence-corrected chi connectivity index (χ4v) is 3.99. The lowest BCUT2D eigenvalue weighted by atomic mass is 9.78. The van der Waals surface area contributed by atoms with Gasteiger partial charge in [0.15, 0.2) is 11.5 Å². The van der Waals surface area contributed by atoms with Crippen LogP contribution in [-0.2, 0) is 4.79 Å². The van der Waals surface area contributed by atoms with E-state index in [4.69, 9.17) is 21.1 Å². The van der Waals surface area contributed by atoms with Crippen LogP contribution in [0.4, 0.5) is 0 Å². The molecule has 0 unspecified atom stereocenters. The molecule has 2 N–H and O–H groups in total. The second kappa shape index (κ2) is 6.89. The molecule has 1 amide bonds. The number of nitrogens with one attached hydrogen (secondary N) is 2. The van der Waals surface area contributed by atoms with Gasteiger partial charge in [0.1, 0.15) is 11.5 Å². The Morgan fingerprint density at radius 2 is 2.00 bits per heavy atom. The van der Waals surface area contributed by atoms with Gasteiger partial charge in [0.2, 0.25) is 5.91 Å². The van der Waals surface area contributed by atoms with Crippen molar-refractivity contribution >= 4 is 28.4 Å². The molecule has 138 valence electrons. The number of piperazine rings is 1. The molecule has 2 fully saturated rings. The van der Waals surface area contributed by atoms with Crippen LogP contribution in [0.3, 0.4) is 0 Å². The fourth-order valence-electron chi connectivity index (χ4n) is 3.80. The average molecular weight is 377 g/mol. The first-order valence-electron chi connectivity index (χ1n) is 8.79. The Bertz CT molecular complexity index is 837. The smallest absolute Gasteiger partial charge is 0.240 e. The highest BCUT2D eigenvalue weighted by molar-refractivity contribution is 6.34. The van der Waals surface area contributed by atoms with Gasteiger partial charge in [0, 0.05) is 24.5 Å². The van der Waals surface area contributed by atoms with Crippen LogP contribution < -0.4 is 20.1 Å². The van der Waals surface area contributed by atoms with Crippen LogP contribution in [0.5, 0.6) is 11.5 Å². The number of halogens is 1. The third kappa shape index (κ3) is 3.05. The summed E-state index contributed by atoms with van der Waals surface area (Å²) in [5, 5.41) is 7.47. The van der Waals surface area contributed by atoms with Gasteiger partial charge < -0.3 is 20.1 Å². The Labute approximate surface area is 156 Å². The molecule has 0 bridgehead atoms. The van der Waals surface area contributed by atoms with E-state index in [2.05, 4.69) is 20.6 Å². The maximum absolute atomic E-state index is 12.3. The summed E-state index contributed by atoms with van der Waals surface area (Å²) in [6.07, 6.45) is 4.54. The molecule has 1 saturated carbocycles. The number of benzene rings is 1. The highest BCUT2D eigenvalue weighted by Crippen LogP contribution is 2.37. The second-order valence-corrected chi connectivity index (χ2v) is 7.12. The van der Waals surface area contributed by atoms with Crippen molar-refractivity contribution in [3.05, 3.63) is 23.6 Å². The zero-order valence-electron chi connectivity index (χ0n) is 14.5. The standard InChI is InChI=1S/C18H21ClN4O3/c1-25-14-9-13-12(16(19)22-10-21-13)8-15(14)26-11-2-4-18(5-3-11)17(24)20-6-7-23-18/h8-11,23H,2-7H2,1H3,(H,20,24)/t11-,18-. The first kappa shape index (κ1) is 17.3. The van der Waals surface area contributed by atoms with Crippen LogP contribution >= 0.6 is 11.6 Å². The van der Waals surface area contributed by atoms with E-state index in [9.17, 15) is 4.79 Å². The van der Waals surface area contributed by atoms with Crippen LogP contribution in [0.15, 0.2) is 18.5 Å². The number of rotatable bonds is 3. The summed E-state index contributed by atoms with van der Waals surface area (Å²) in [5.41, 5.74) is 0.266. The van der Waals surface area contributed by atoms with Gasteiger partial charge in [-0.1, -0.05) is 11.6 Å². The number of amides is 1. The van der Waals surface area contributed by atoms with Gasteiger partial charge in [-0.15, -0.1) is 0 Å². The number of hydrogen-bond donors (Lipinski definition) is 2. The van der Waals surface area contributed by atoms with Crippen LogP contribution in [-0.4, -0.2) is 47.7 Å². The van der Waals surface area contributed by atoms with Crippen molar-refractivity contribution < 1.29 is 14.3 Å². The predicted octanol–water partition coefficient (Wildman–Crippen LogP) is 2.07. The summed E-state index contributed by atoms with van der Waals surface area (Å²) < 4.78 is 11.7. The Hall–Kier alpha value is -2.12. The van der Waals surface area contributed by atoms with Gasteiger partial charge in [-0.3, -0.25) is 4.79 Å². The molecule has 1 spiro atoms. The topological polar surface area (TPSA) is 85.4 Å². The molecular formula is C18H21ClN4O3. The highest BCUT2D eigenvalue weighted by Gasteiger charge is 2.43. The molecule has 0 atom stereocenters. The van der Waals surface area contributed by atoms with Crippen LogP contribution in [0.25, 0.3) is 10.9 Å². The third-order valence-electron chi connectivity index (χ3n) is 5.26. The first-order chi connectivity index (χ1) is 12.6. The van der Waals surface area contributed by atoms with E-state index in [1.807, 2.05) is 6.07 Å². The van der Waals surface area contributed by atoms with Gasteiger partial charge in [0.25, 0.3) is 0 Å². The van der Waals surface area contributed by atoms with Crippen LogP contribution in [0.1, 0.15) is 25.7 Å². The fraction of sp³-hybridized carbons (Fsp3) is 0.500. The van der Waals surface area contributed by atoms with Crippen molar-refractivity contribution in [2.24, 2.45) is 0 Å². The van der Waals surface area contributed by atoms with Crippen molar-refractivity contribution in [1.29, 1.82) is 0 Å². The average Bonchev–Trinajstić information content (AvgIpc) is 2.66. The van der Waals surface area contributed by atoms with E-state index in [-0.39, 0.29) is 12.0 Å². The van der Waals surface area contributed by atoms with E-state index >= 15 is 0 Å². The number of methoxy groups -OCH3 is 1. The van der Waals surface area contributed by atoms with E-state index in [0.717, 1.165) is 37.6 Å². The molecule has 2 aliphatic rings. The summed E-state index contributed by atoms with van der Waals surface area (Å²) >= 11 is 6.18. The Balaban J connectivity index is 1.53. The van der Waals surface area contributed by atoms with Crippen molar-refractivity contribution in [3.63, 3.8) is 0 Å². The lowest BCUT2D eigenvalue weighted by Gasteiger charge is -2.42. The van der Waals surface area contributed by atoms with Crippen molar-refractivity contribution in [2.75, 3.05) is 20.2 Å². The first-order valence-corrected chi connectivity index (χ1v) is 9.17. The normalized spacial score (nSPS) is 25.9. The molecule has 0 radical (unpaired) electrons. The summed E-state index contributed by atoms with van der Waals surface area (Å²) in [6, 6.07) is 3.63. The number of aromatic nitrogens is 2. The molecule has 7 nitrogen and oxygen atoms in total. The van der Waals surface area contributed by atoms with Gasteiger partial charge in [0.05, 0.1) is 24.3 Å². The van der Waals surface area contributed by atoms with Gasteiger partial charge in [-0.05, 0) is 31.7 Å². The molecule has 1 aliphatic carbocycles. The number of carbonyl (C=O) groups excluding carboxylic acids is 1. The van der Waals surface area contributed by atoms with E-state index in [1.54, 1.807) is 13.2 Å². The monoisotopic (exact) mass is 376 g/mol. The molecule has 1 aliphatic heterocycles.